The zero-order valence-corrected chi connectivity index (χ0v) is 17.3. The number of rotatable bonds is 7. The van der Waals surface area contributed by atoms with Crippen molar-refractivity contribution >= 4 is 13.3 Å². The molecule has 2 rings (SSSR count). The molecule has 0 fully saturated rings. The SMILES string of the molecule is COC1=C(C(=O)[P+](=O)CC2=C(C)CC(C)(C)C=C2)C=CC(OC)(OC)C1. The van der Waals surface area contributed by atoms with Gasteiger partial charge in [0.2, 0.25) is 0 Å². The van der Waals surface area contributed by atoms with E-state index < -0.39 is 19.1 Å². The van der Waals surface area contributed by atoms with Crippen LogP contribution in [0.1, 0.15) is 33.6 Å². The Hall–Kier alpha value is -1.55. The van der Waals surface area contributed by atoms with Crippen molar-refractivity contribution in [2.45, 2.75) is 39.4 Å². The fourth-order valence-corrected chi connectivity index (χ4v) is 4.59. The summed E-state index contributed by atoms with van der Waals surface area (Å²) >= 11 is 0. The van der Waals surface area contributed by atoms with Crippen molar-refractivity contribution in [3.63, 3.8) is 0 Å². The van der Waals surface area contributed by atoms with E-state index in [2.05, 4.69) is 19.9 Å². The standard InChI is InChI=1S/C20H28O5P/c1-14-11-19(2,3)9-7-15(14)13-26(22)18(21)16-8-10-20(24-5,25-6)12-17(16)23-4/h7-10H,11-13H2,1-6H3/q+1. The summed E-state index contributed by atoms with van der Waals surface area (Å²) in [5.41, 5.74) is 2.21. The van der Waals surface area contributed by atoms with E-state index in [1.54, 1.807) is 12.2 Å². The van der Waals surface area contributed by atoms with E-state index in [-0.39, 0.29) is 18.0 Å². The summed E-state index contributed by atoms with van der Waals surface area (Å²) in [6.45, 7) is 6.37. The van der Waals surface area contributed by atoms with Crippen LogP contribution < -0.4 is 0 Å². The van der Waals surface area contributed by atoms with Crippen molar-refractivity contribution in [1.29, 1.82) is 0 Å². The molecule has 1 atom stereocenters. The van der Waals surface area contributed by atoms with Gasteiger partial charge in [0.15, 0.2) is 11.9 Å². The van der Waals surface area contributed by atoms with E-state index in [1.807, 2.05) is 13.0 Å². The van der Waals surface area contributed by atoms with Gasteiger partial charge >= 0.3 is 13.3 Å². The lowest BCUT2D eigenvalue weighted by molar-refractivity contribution is -0.174. The number of hydrogen-bond donors (Lipinski definition) is 0. The van der Waals surface area contributed by atoms with Crippen LogP contribution >= 0.6 is 7.80 Å². The predicted molar refractivity (Wildman–Crippen MR) is 102 cm³/mol. The number of hydrogen-bond acceptors (Lipinski definition) is 5. The van der Waals surface area contributed by atoms with Crippen LogP contribution in [0.3, 0.4) is 0 Å². The Morgan fingerprint density at radius 3 is 2.31 bits per heavy atom. The molecule has 0 bridgehead atoms. The maximum atomic E-state index is 12.8. The normalized spacial score (nSPS) is 21.8. The Labute approximate surface area is 156 Å². The maximum Gasteiger partial charge on any atom is 0.424 e. The molecule has 5 nitrogen and oxygen atoms in total. The number of ether oxygens (including phenoxy) is 3. The first-order valence-corrected chi connectivity index (χ1v) is 10.0. The third-order valence-corrected chi connectivity index (χ3v) is 6.25. The lowest BCUT2D eigenvalue weighted by Gasteiger charge is -2.30. The van der Waals surface area contributed by atoms with Crippen LogP contribution in [-0.4, -0.2) is 38.8 Å². The molecule has 0 aliphatic heterocycles. The minimum absolute atomic E-state index is 0.102. The van der Waals surface area contributed by atoms with Gasteiger partial charge in [0.05, 0.1) is 13.5 Å². The second-order valence-electron chi connectivity index (χ2n) is 7.42. The molecule has 26 heavy (non-hydrogen) atoms. The molecule has 0 heterocycles. The summed E-state index contributed by atoms with van der Waals surface area (Å²) in [6, 6.07) is 0. The van der Waals surface area contributed by atoms with Gasteiger partial charge in [-0.2, -0.15) is 0 Å². The second-order valence-corrected chi connectivity index (χ2v) is 8.90. The van der Waals surface area contributed by atoms with Crippen molar-refractivity contribution < 1.29 is 23.6 Å². The van der Waals surface area contributed by atoms with Gasteiger partial charge in [-0.25, -0.2) is 4.79 Å². The average molecular weight is 379 g/mol. The molecule has 0 saturated heterocycles. The van der Waals surface area contributed by atoms with Crippen LogP contribution in [0, 0.1) is 5.41 Å². The Morgan fingerprint density at radius 2 is 1.77 bits per heavy atom. The van der Waals surface area contributed by atoms with E-state index in [4.69, 9.17) is 14.2 Å². The van der Waals surface area contributed by atoms with Gasteiger partial charge in [-0.05, 0) is 36.5 Å². The maximum absolute atomic E-state index is 12.8. The van der Waals surface area contributed by atoms with Gasteiger partial charge in [-0.15, -0.1) is 0 Å². The highest BCUT2D eigenvalue weighted by molar-refractivity contribution is 7.64. The van der Waals surface area contributed by atoms with Crippen LogP contribution in [-0.2, 0) is 23.6 Å². The van der Waals surface area contributed by atoms with E-state index in [9.17, 15) is 9.36 Å². The minimum Gasteiger partial charge on any atom is -0.500 e. The van der Waals surface area contributed by atoms with Gasteiger partial charge in [0.25, 0.3) is 0 Å². The molecule has 0 aromatic carbocycles. The summed E-state index contributed by atoms with van der Waals surface area (Å²) < 4.78 is 28.8. The zero-order valence-electron chi connectivity index (χ0n) is 16.4. The molecular formula is C20H28O5P+. The molecule has 0 spiro atoms. The summed E-state index contributed by atoms with van der Waals surface area (Å²) in [4.78, 5) is 12.8. The van der Waals surface area contributed by atoms with Crippen LogP contribution in [0.25, 0.3) is 0 Å². The van der Waals surface area contributed by atoms with Crippen molar-refractivity contribution in [3.05, 3.63) is 46.8 Å². The molecule has 0 aromatic rings. The lowest BCUT2D eigenvalue weighted by Crippen LogP contribution is -2.34. The van der Waals surface area contributed by atoms with E-state index in [0.29, 0.717) is 11.3 Å². The fourth-order valence-electron chi connectivity index (χ4n) is 3.29. The van der Waals surface area contributed by atoms with Crippen LogP contribution in [0.5, 0.6) is 0 Å². The average Bonchev–Trinajstić information content (AvgIpc) is 2.62. The minimum atomic E-state index is -2.09. The first kappa shape index (κ1) is 20.8. The quantitative estimate of drug-likeness (QED) is 0.482. The number of methoxy groups -OCH3 is 3. The monoisotopic (exact) mass is 379 g/mol. The second kappa shape index (κ2) is 7.99. The molecule has 0 N–H and O–H groups in total. The number of allylic oxidation sites excluding steroid dienone is 6. The van der Waals surface area contributed by atoms with Gasteiger partial charge in [0, 0.05) is 14.2 Å². The highest BCUT2D eigenvalue weighted by Crippen LogP contribution is 2.40. The lowest BCUT2D eigenvalue weighted by atomic mass is 9.80. The molecule has 0 amide bonds. The fraction of sp³-hybridized carbons (Fsp3) is 0.550. The van der Waals surface area contributed by atoms with Crippen molar-refractivity contribution in [2.24, 2.45) is 5.41 Å². The molecule has 2 aliphatic carbocycles. The van der Waals surface area contributed by atoms with Crippen molar-refractivity contribution in [2.75, 3.05) is 27.5 Å². The number of carbonyl (C=O) groups excluding carboxylic acids is 1. The summed E-state index contributed by atoms with van der Waals surface area (Å²) in [5.74, 6) is -0.534. The van der Waals surface area contributed by atoms with Crippen molar-refractivity contribution in [1.82, 2.24) is 0 Å². The predicted octanol–water partition coefficient (Wildman–Crippen LogP) is 4.49. The summed E-state index contributed by atoms with van der Waals surface area (Å²) in [7, 11) is 2.46. The molecule has 1 unspecified atom stereocenters. The highest BCUT2D eigenvalue weighted by atomic mass is 31.1. The largest absolute Gasteiger partial charge is 0.500 e. The molecule has 0 saturated carbocycles. The first-order valence-electron chi connectivity index (χ1n) is 8.60. The van der Waals surface area contributed by atoms with E-state index >= 15 is 0 Å². The smallest absolute Gasteiger partial charge is 0.424 e. The third-order valence-electron chi connectivity index (χ3n) is 4.92. The molecule has 142 valence electrons. The summed E-state index contributed by atoms with van der Waals surface area (Å²) in [5, 5.41) is 0. The van der Waals surface area contributed by atoms with Gasteiger partial charge in [-0.1, -0.05) is 36.1 Å². The Kier molecular flexibility index (Phi) is 6.38. The first-order chi connectivity index (χ1) is 12.2. The van der Waals surface area contributed by atoms with Gasteiger partial charge in [0.1, 0.15) is 11.3 Å². The van der Waals surface area contributed by atoms with Crippen molar-refractivity contribution in [3.8, 4) is 0 Å². The van der Waals surface area contributed by atoms with Gasteiger partial charge in [-0.3, -0.25) is 0 Å². The zero-order chi connectivity index (χ0) is 19.5. The van der Waals surface area contributed by atoms with Crippen LogP contribution in [0.2, 0.25) is 0 Å². The Balaban J connectivity index is 2.18. The Morgan fingerprint density at radius 1 is 1.12 bits per heavy atom. The van der Waals surface area contributed by atoms with E-state index in [0.717, 1.165) is 12.0 Å². The molecule has 0 aromatic heterocycles. The Bertz CT molecular complexity index is 720. The van der Waals surface area contributed by atoms with E-state index in [1.165, 1.54) is 26.9 Å². The third kappa shape index (κ3) is 4.40. The van der Waals surface area contributed by atoms with Crippen LogP contribution in [0.15, 0.2) is 46.8 Å². The highest BCUT2D eigenvalue weighted by Gasteiger charge is 2.40. The molecule has 2 aliphatic rings. The molecular weight excluding hydrogens is 351 g/mol. The van der Waals surface area contributed by atoms with Crippen LogP contribution in [0.4, 0.5) is 0 Å². The molecule has 0 radical (unpaired) electrons. The molecule has 6 heteroatoms. The summed E-state index contributed by atoms with van der Waals surface area (Å²) in [6.07, 6.45) is 8.79. The topological polar surface area (TPSA) is 61.8 Å². The number of carbonyl (C=O) groups is 1. The van der Waals surface area contributed by atoms with Gasteiger partial charge < -0.3 is 14.2 Å².